The Hall–Kier alpha value is -3.35. The average molecular weight is 479 g/mol. The molecule has 7 heteroatoms. The lowest BCUT2D eigenvalue weighted by atomic mass is 9.78. The van der Waals surface area contributed by atoms with Crippen LogP contribution in [0.2, 0.25) is 0 Å². The Morgan fingerprint density at radius 3 is 2.23 bits per heavy atom. The predicted octanol–water partition coefficient (Wildman–Crippen LogP) is 4.65. The molecule has 1 unspecified atom stereocenters. The number of nitrogens with one attached hydrogen (secondary N) is 1. The Bertz CT molecular complexity index is 1040. The Morgan fingerprint density at radius 1 is 1.03 bits per heavy atom. The second-order valence-electron chi connectivity index (χ2n) is 9.50. The number of likely N-dealkylation sites (N-methyl/N-ethyl adjacent to an activating group) is 1. The average Bonchev–Trinajstić information content (AvgIpc) is 3.20. The van der Waals surface area contributed by atoms with Crippen LogP contribution < -0.4 is 5.32 Å². The molecule has 3 atom stereocenters. The van der Waals surface area contributed by atoms with Gasteiger partial charge in [0.05, 0.1) is 0 Å². The van der Waals surface area contributed by atoms with Crippen molar-refractivity contribution in [2.75, 3.05) is 19.7 Å². The lowest BCUT2D eigenvalue weighted by molar-refractivity contribution is -0.152. The maximum atomic E-state index is 13.2. The summed E-state index contributed by atoms with van der Waals surface area (Å²) in [5.74, 6) is -1.48. The molecule has 0 saturated heterocycles. The molecule has 1 fully saturated rings. The van der Waals surface area contributed by atoms with Crippen molar-refractivity contribution < 1.29 is 24.2 Å². The Labute approximate surface area is 206 Å². The minimum atomic E-state index is -1.01. The lowest BCUT2D eigenvalue weighted by Gasteiger charge is -2.35. The molecule has 2 aliphatic rings. The molecule has 2 N–H and O–H groups in total. The van der Waals surface area contributed by atoms with Crippen LogP contribution in [0.4, 0.5) is 4.79 Å². The molecule has 2 aliphatic carbocycles. The van der Waals surface area contributed by atoms with E-state index in [1.54, 1.807) is 6.92 Å². The molecule has 4 rings (SSSR count). The van der Waals surface area contributed by atoms with Gasteiger partial charge in [0, 0.05) is 24.9 Å². The number of aliphatic carboxylic acids is 1. The molecule has 35 heavy (non-hydrogen) atoms. The number of hydrogen-bond acceptors (Lipinski definition) is 4. The number of carbonyl (C=O) groups excluding carboxylic acids is 2. The topological polar surface area (TPSA) is 95.9 Å². The molecular formula is C28H34N2O5. The van der Waals surface area contributed by atoms with Gasteiger partial charge >= 0.3 is 12.1 Å². The van der Waals surface area contributed by atoms with Crippen LogP contribution in [0.5, 0.6) is 0 Å². The van der Waals surface area contributed by atoms with Crippen LogP contribution in [-0.4, -0.2) is 53.7 Å². The highest BCUT2D eigenvalue weighted by Crippen LogP contribution is 2.44. The van der Waals surface area contributed by atoms with E-state index in [4.69, 9.17) is 4.74 Å². The van der Waals surface area contributed by atoms with Gasteiger partial charge < -0.3 is 20.1 Å². The summed E-state index contributed by atoms with van der Waals surface area (Å²) in [6.07, 6.45) is 2.95. The number of carboxylic acid groups (broad SMARTS) is 1. The highest BCUT2D eigenvalue weighted by atomic mass is 16.5. The van der Waals surface area contributed by atoms with Crippen molar-refractivity contribution >= 4 is 18.0 Å². The molecule has 2 aromatic carbocycles. The fraction of sp³-hybridized carbons (Fsp3) is 0.464. The summed E-state index contributed by atoms with van der Waals surface area (Å²) in [6.45, 7) is 4.26. The van der Waals surface area contributed by atoms with E-state index in [1.165, 1.54) is 23.0 Å². The second-order valence-corrected chi connectivity index (χ2v) is 9.50. The highest BCUT2D eigenvalue weighted by molar-refractivity contribution is 5.85. The zero-order valence-electron chi connectivity index (χ0n) is 20.4. The number of hydrogen-bond donors (Lipinski definition) is 2. The van der Waals surface area contributed by atoms with Crippen LogP contribution in [0, 0.1) is 11.8 Å². The number of carboxylic acids is 1. The first kappa shape index (κ1) is 24.8. The van der Waals surface area contributed by atoms with E-state index in [0.29, 0.717) is 19.5 Å². The summed E-state index contributed by atoms with van der Waals surface area (Å²) in [4.78, 5) is 38.7. The van der Waals surface area contributed by atoms with Gasteiger partial charge in [-0.05, 0) is 54.9 Å². The Kier molecular flexibility index (Phi) is 7.73. The first-order valence-electron chi connectivity index (χ1n) is 12.5. The molecule has 1 saturated carbocycles. The van der Waals surface area contributed by atoms with Gasteiger partial charge in [-0.3, -0.25) is 4.79 Å². The molecular weight excluding hydrogens is 444 g/mol. The zero-order chi connectivity index (χ0) is 24.9. The van der Waals surface area contributed by atoms with Crippen LogP contribution in [0.3, 0.4) is 0 Å². The highest BCUT2D eigenvalue weighted by Gasteiger charge is 2.36. The minimum absolute atomic E-state index is 0.00669. The van der Waals surface area contributed by atoms with Crippen LogP contribution in [0.15, 0.2) is 48.5 Å². The number of nitrogens with zero attached hydrogens (tertiary/aromatic N) is 1. The van der Waals surface area contributed by atoms with E-state index in [2.05, 4.69) is 29.6 Å². The van der Waals surface area contributed by atoms with Gasteiger partial charge in [-0.1, -0.05) is 61.4 Å². The number of carbonyl (C=O) groups is 3. The largest absolute Gasteiger partial charge is 0.480 e. The van der Waals surface area contributed by atoms with E-state index in [-0.39, 0.29) is 30.3 Å². The van der Waals surface area contributed by atoms with Gasteiger partial charge in [0.15, 0.2) is 0 Å². The van der Waals surface area contributed by atoms with Crippen molar-refractivity contribution in [2.24, 2.45) is 11.8 Å². The molecule has 0 aromatic heterocycles. The van der Waals surface area contributed by atoms with Crippen molar-refractivity contribution in [3.05, 3.63) is 59.7 Å². The zero-order valence-corrected chi connectivity index (χ0v) is 20.4. The van der Waals surface area contributed by atoms with E-state index < -0.39 is 18.1 Å². The van der Waals surface area contributed by atoms with Crippen molar-refractivity contribution in [3.8, 4) is 11.1 Å². The SMILES string of the molecule is CCN(C(=O)[C@@H]1CCCC[C@@H]1CNC(=O)OCC1c2ccccc2-c2ccccc21)C(C)C(=O)O. The Morgan fingerprint density at radius 2 is 1.63 bits per heavy atom. The number of alkyl carbamates (subject to hydrolysis) is 1. The predicted molar refractivity (Wildman–Crippen MR) is 133 cm³/mol. The molecule has 0 aliphatic heterocycles. The molecule has 7 nitrogen and oxygen atoms in total. The van der Waals surface area contributed by atoms with Crippen LogP contribution in [-0.2, 0) is 14.3 Å². The summed E-state index contributed by atoms with van der Waals surface area (Å²) in [5, 5.41) is 12.2. The van der Waals surface area contributed by atoms with Gasteiger partial charge in [-0.25, -0.2) is 9.59 Å². The van der Waals surface area contributed by atoms with Gasteiger partial charge in [0.25, 0.3) is 0 Å². The third-order valence-electron chi connectivity index (χ3n) is 7.53. The van der Waals surface area contributed by atoms with E-state index in [0.717, 1.165) is 30.4 Å². The van der Waals surface area contributed by atoms with Gasteiger partial charge in [-0.2, -0.15) is 0 Å². The molecule has 186 valence electrons. The first-order chi connectivity index (χ1) is 16.9. The molecule has 0 spiro atoms. The van der Waals surface area contributed by atoms with E-state index in [1.807, 2.05) is 24.3 Å². The smallest absolute Gasteiger partial charge is 0.407 e. The lowest BCUT2D eigenvalue weighted by Crippen LogP contribution is -2.49. The molecule has 2 amide bonds. The summed E-state index contributed by atoms with van der Waals surface area (Å²) >= 11 is 0. The summed E-state index contributed by atoms with van der Waals surface area (Å²) in [5.41, 5.74) is 4.67. The summed E-state index contributed by atoms with van der Waals surface area (Å²) < 4.78 is 5.64. The normalized spacial score (nSPS) is 19.8. The quantitative estimate of drug-likeness (QED) is 0.576. The molecule has 0 bridgehead atoms. The first-order valence-corrected chi connectivity index (χ1v) is 12.5. The fourth-order valence-corrected chi connectivity index (χ4v) is 5.61. The van der Waals surface area contributed by atoms with E-state index in [9.17, 15) is 19.5 Å². The third-order valence-corrected chi connectivity index (χ3v) is 7.53. The maximum absolute atomic E-state index is 13.2. The summed E-state index contributed by atoms with van der Waals surface area (Å²) in [7, 11) is 0. The number of rotatable bonds is 8. The van der Waals surface area contributed by atoms with Crippen LogP contribution in [0.25, 0.3) is 11.1 Å². The monoisotopic (exact) mass is 478 g/mol. The van der Waals surface area contributed by atoms with Crippen molar-refractivity contribution in [1.29, 1.82) is 0 Å². The van der Waals surface area contributed by atoms with Crippen LogP contribution >= 0.6 is 0 Å². The Balaban J connectivity index is 1.36. The number of amides is 2. The number of ether oxygens (including phenoxy) is 1. The van der Waals surface area contributed by atoms with Crippen LogP contribution in [0.1, 0.15) is 56.6 Å². The fourth-order valence-electron chi connectivity index (χ4n) is 5.61. The third kappa shape index (κ3) is 5.19. The minimum Gasteiger partial charge on any atom is -0.480 e. The molecule has 0 heterocycles. The van der Waals surface area contributed by atoms with Gasteiger partial charge in [-0.15, -0.1) is 0 Å². The van der Waals surface area contributed by atoms with Gasteiger partial charge in [0.1, 0.15) is 12.6 Å². The second kappa shape index (κ2) is 10.9. The molecule has 0 radical (unpaired) electrons. The van der Waals surface area contributed by atoms with Gasteiger partial charge in [0.2, 0.25) is 5.91 Å². The van der Waals surface area contributed by atoms with Crippen molar-refractivity contribution in [3.63, 3.8) is 0 Å². The standard InChI is InChI=1S/C28H34N2O5/c1-3-30(18(2)27(32)33)26(31)20-11-5-4-10-19(20)16-29-28(34)35-17-25-23-14-8-6-12-21(23)22-13-7-9-15-24(22)25/h6-9,12-15,18-20,25H,3-5,10-11,16-17H2,1-2H3,(H,29,34)(H,32,33)/t18?,19-,20-/m1/s1. The number of fused-ring (bicyclic) bond motifs is 3. The maximum Gasteiger partial charge on any atom is 0.407 e. The summed E-state index contributed by atoms with van der Waals surface area (Å²) in [6, 6.07) is 15.5. The molecule has 2 aromatic rings. The van der Waals surface area contributed by atoms with Crippen molar-refractivity contribution in [1.82, 2.24) is 10.2 Å². The van der Waals surface area contributed by atoms with Crippen molar-refractivity contribution in [2.45, 2.75) is 51.5 Å². The number of benzene rings is 2. The van der Waals surface area contributed by atoms with E-state index >= 15 is 0 Å².